The highest BCUT2D eigenvalue weighted by Crippen LogP contribution is 2.41. The minimum absolute atomic E-state index is 0.574. The molecule has 3 aromatic heterocycles. The second-order valence-electron chi connectivity index (χ2n) is 13.4. The number of nitrogens with zero attached hydrogens (tertiary/aromatic N) is 4. The van der Waals surface area contributed by atoms with Gasteiger partial charge in [-0.3, -0.25) is 0 Å². The van der Waals surface area contributed by atoms with E-state index >= 15 is 0 Å². The molecule has 0 aliphatic rings. The average molecular weight is 693 g/mol. The highest BCUT2D eigenvalue weighted by molar-refractivity contribution is 6.15. The Morgan fingerprint density at radius 3 is 1.81 bits per heavy atom. The van der Waals surface area contributed by atoms with E-state index in [-0.39, 0.29) is 0 Å². The smallest absolute Gasteiger partial charge is 0.227 e. The first kappa shape index (κ1) is 30.2. The van der Waals surface area contributed by atoms with E-state index in [0.29, 0.717) is 23.4 Å². The summed E-state index contributed by atoms with van der Waals surface area (Å²) in [5.74, 6) is 2.37. The predicted molar refractivity (Wildman–Crippen MR) is 217 cm³/mol. The lowest BCUT2D eigenvalue weighted by molar-refractivity contribution is 0.623. The first-order chi connectivity index (χ1) is 26.7. The molecule has 0 amide bonds. The minimum atomic E-state index is 0.574. The Morgan fingerprint density at radius 2 is 1.00 bits per heavy atom. The van der Waals surface area contributed by atoms with Crippen molar-refractivity contribution in [3.05, 3.63) is 170 Å². The molecular weight excluding hydrogens is 665 g/mol. The van der Waals surface area contributed by atoms with Gasteiger partial charge < -0.3 is 8.83 Å². The van der Waals surface area contributed by atoms with Crippen LogP contribution in [0.5, 0.6) is 0 Å². The Bertz CT molecular complexity index is 3220. The number of fused-ring (bicyclic) bond motifs is 7. The van der Waals surface area contributed by atoms with Gasteiger partial charge in [-0.25, -0.2) is 19.9 Å². The summed E-state index contributed by atoms with van der Waals surface area (Å²) in [6, 6.07) is 57.7. The zero-order chi connectivity index (χ0) is 35.6. The van der Waals surface area contributed by atoms with Crippen LogP contribution in [-0.2, 0) is 0 Å². The Morgan fingerprint density at radius 1 is 0.352 bits per heavy atom. The van der Waals surface area contributed by atoms with Crippen molar-refractivity contribution in [3.8, 4) is 56.7 Å². The largest absolute Gasteiger partial charge is 0.456 e. The van der Waals surface area contributed by atoms with Crippen molar-refractivity contribution < 1.29 is 8.83 Å². The summed E-state index contributed by atoms with van der Waals surface area (Å²) in [7, 11) is 0. The van der Waals surface area contributed by atoms with Gasteiger partial charge in [0, 0.05) is 38.4 Å². The van der Waals surface area contributed by atoms with Crippen LogP contribution in [0, 0.1) is 0 Å². The molecule has 11 aromatic rings. The van der Waals surface area contributed by atoms with Crippen LogP contribution >= 0.6 is 0 Å². The maximum Gasteiger partial charge on any atom is 0.227 e. The van der Waals surface area contributed by atoms with E-state index in [4.69, 9.17) is 28.8 Å². The maximum atomic E-state index is 6.54. The number of rotatable bonds is 5. The Balaban J connectivity index is 1.11. The fraction of sp³-hybridized carbons (Fsp3) is 0. The number of benzene rings is 8. The molecule has 0 atom stereocenters. The third-order valence-corrected chi connectivity index (χ3v) is 10.2. The molecule has 0 unspecified atom stereocenters. The second-order valence-corrected chi connectivity index (χ2v) is 13.4. The number of furan rings is 1. The number of aromatic nitrogens is 4. The molecule has 0 N–H and O–H groups in total. The van der Waals surface area contributed by atoms with Gasteiger partial charge in [0.15, 0.2) is 23.1 Å². The normalized spacial score (nSPS) is 11.7. The van der Waals surface area contributed by atoms with E-state index in [0.717, 1.165) is 88.0 Å². The molecule has 0 bridgehead atoms. The molecule has 0 radical (unpaired) electrons. The lowest BCUT2D eigenvalue weighted by atomic mass is 9.91. The number of oxazole rings is 1. The number of hydrogen-bond donors (Lipinski definition) is 0. The van der Waals surface area contributed by atoms with Crippen LogP contribution in [0.15, 0.2) is 179 Å². The van der Waals surface area contributed by atoms with Gasteiger partial charge in [-0.15, -0.1) is 0 Å². The molecule has 6 nitrogen and oxygen atoms in total. The van der Waals surface area contributed by atoms with Crippen LogP contribution in [0.4, 0.5) is 0 Å². The fourth-order valence-corrected chi connectivity index (χ4v) is 7.62. The zero-order valence-electron chi connectivity index (χ0n) is 28.8. The molecular formula is C48H28N4O2. The molecule has 0 aliphatic carbocycles. The van der Waals surface area contributed by atoms with E-state index in [1.54, 1.807) is 0 Å². The van der Waals surface area contributed by atoms with Crippen molar-refractivity contribution in [2.24, 2.45) is 0 Å². The third-order valence-electron chi connectivity index (χ3n) is 10.2. The van der Waals surface area contributed by atoms with E-state index in [1.165, 1.54) is 0 Å². The van der Waals surface area contributed by atoms with Crippen molar-refractivity contribution >= 4 is 54.6 Å². The Labute approximate surface area is 309 Å². The zero-order valence-corrected chi connectivity index (χ0v) is 28.8. The van der Waals surface area contributed by atoms with Gasteiger partial charge in [0.05, 0.1) is 0 Å². The molecule has 6 heteroatoms. The average Bonchev–Trinajstić information content (AvgIpc) is 3.85. The number of hydrogen-bond acceptors (Lipinski definition) is 6. The first-order valence-corrected chi connectivity index (χ1v) is 17.9. The van der Waals surface area contributed by atoms with E-state index in [1.807, 2.05) is 91.0 Å². The summed E-state index contributed by atoms with van der Waals surface area (Å²) in [4.78, 5) is 20.1. The molecule has 0 saturated heterocycles. The van der Waals surface area contributed by atoms with E-state index in [9.17, 15) is 0 Å². The van der Waals surface area contributed by atoms with Crippen LogP contribution in [0.2, 0.25) is 0 Å². The molecule has 54 heavy (non-hydrogen) atoms. The van der Waals surface area contributed by atoms with Crippen molar-refractivity contribution in [2.75, 3.05) is 0 Å². The van der Waals surface area contributed by atoms with Gasteiger partial charge in [-0.2, -0.15) is 0 Å². The van der Waals surface area contributed by atoms with Crippen molar-refractivity contribution in [2.45, 2.75) is 0 Å². The highest BCUT2D eigenvalue weighted by atomic mass is 16.3. The highest BCUT2D eigenvalue weighted by Gasteiger charge is 2.20. The van der Waals surface area contributed by atoms with Gasteiger partial charge in [0.1, 0.15) is 16.7 Å². The van der Waals surface area contributed by atoms with Gasteiger partial charge >= 0.3 is 0 Å². The summed E-state index contributed by atoms with van der Waals surface area (Å²) in [5, 5.41) is 6.36. The summed E-state index contributed by atoms with van der Waals surface area (Å²) in [5.41, 5.74) is 9.00. The topological polar surface area (TPSA) is 77.8 Å². The quantitative estimate of drug-likeness (QED) is 0.179. The lowest BCUT2D eigenvalue weighted by Crippen LogP contribution is -2.00. The molecule has 0 spiro atoms. The van der Waals surface area contributed by atoms with E-state index in [2.05, 4.69) is 78.9 Å². The van der Waals surface area contributed by atoms with Gasteiger partial charge in [0.2, 0.25) is 5.89 Å². The summed E-state index contributed by atoms with van der Waals surface area (Å²) in [6.45, 7) is 0. The van der Waals surface area contributed by atoms with E-state index < -0.39 is 0 Å². The van der Waals surface area contributed by atoms with Gasteiger partial charge in [-0.05, 0) is 69.8 Å². The van der Waals surface area contributed by atoms with Crippen LogP contribution in [-0.4, -0.2) is 19.9 Å². The molecule has 252 valence electrons. The standard InChI is InChI=1S/C48H28N4O2/c1-3-12-30(13-4-1)45-50-46(32-22-24-37-36-19-9-10-21-41(36)53-42(37)28-32)52-47(51-45)39-26-25-35(33-17-7-8-18-34(33)39)38-20-11-16-29-23-27-40-44(43(29)38)54-48(49-40)31-14-5-2-6-15-31/h1-28H. The maximum absolute atomic E-state index is 6.54. The number of para-hydroxylation sites is 1. The third kappa shape index (κ3) is 4.89. The monoisotopic (exact) mass is 692 g/mol. The van der Waals surface area contributed by atoms with Crippen molar-refractivity contribution in [1.29, 1.82) is 0 Å². The SMILES string of the molecule is c1ccc(-c2nc(-c3ccc4c(c3)oc3ccccc34)nc(-c3ccc(-c4cccc5ccc6nc(-c7ccccc7)oc6c45)c4ccccc34)n2)cc1. The first-order valence-electron chi connectivity index (χ1n) is 17.9. The molecule has 8 aromatic carbocycles. The van der Waals surface area contributed by atoms with Crippen LogP contribution in [0.25, 0.3) is 111 Å². The second kappa shape index (κ2) is 12.1. The predicted octanol–water partition coefficient (Wildman–Crippen LogP) is 12.6. The summed E-state index contributed by atoms with van der Waals surface area (Å²) < 4.78 is 12.8. The van der Waals surface area contributed by atoms with Gasteiger partial charge in [-0.1, -0.05) is 127 Å². The minimum Gasteiger partial charge on any atom is -0.456 e. The lowest BCUT2D eigenvalue weighted by Gasteiger charge is -2.14. The molecule has 0 fully saturated rings. The molecule has 0 saturated carbocycles. The summed E-state index contributed by atoms with van der Waals surface area (Å²) in [6.07, 6.45) is 0. The van der Waals surface area contributed by atoms with Crippen LogP contribution in [0.1, 0.15) is 0 Å². The summed E-state index contributed by atoms with van der Waals surface area (Å²) >= 11 is 0. The Hall–Kier alpha value is -7.44. The van der Waals surface area contributed by atoms with Crippen LogP contribution in [0.3, 0.4) is 0 Å². The van der Waals surface area contributed by atoms with Crippen molar-refractivity contribution in [3.63, 3.8) is 0 Å². The van der Waals surface area contributed by atoms with Gasteiger partial charge in [0.25, 0.3) is 0 Å². The molecule has 3 heterocycles. The fourth-order valence-electron chi connectivity index (χ4n) is 7.62. The Kier molecular flexibility index (Phi) is 6.75. The molecule has 11 rings (SSSR count). The molecule has 0 aliphatic heterocycles. The van der Waals surface area contributed by atoms with Crippen molar-refractivity contribution in [1.82, 2.24) is 19.9 Å². The van der Waals surface area contributed by atoms with Crippen LogP contribution < -0.4 is 0 Å².